The fourth-order valence-electron chi connectivity index (χ4n) is 8.93. The molecule has 0 spiro atoms. The summed E-state index contributed by atoms with van der Waals surface area (Å²) in [7, 11) is 1.60. The fraction of sp³-hybridized carbons (Fsp3) is 0.647. The van der Waals surface area contributed by atoms with Crippen molar-refractivity contribution in [2.75, 3.05) is 20.3 Å². The quantitative estimate of drug-likeness (QED) is 0.350. The zero-order valence-corrected chi connectivity index (χ0v) is 25.5. The highest BCUT2D eigenvalue weighted by Gasteiger charge is 2.68. The number of methoxy groups -OCH3 is 1. The second kappa shape index (κ2) is 12.2. The summed E-state index contributed by atoms with van der Waals surface area (Å²) < 4.78 is 10.4. The Bertz CT molecular complexity index is 1290. The molecule has 5 rings (SSSR count). The number of aliphatic hydroxyl groups is 2. The number of rotatable bonds is 10. The lowest BCUT2D eigenvalue weighted by atomic mass is 9.45. The van der Waals surface area contributed by atoms with E-state index in [2.05, 4.69) is 12.2 Å². The number of ether oxygens (including phenoxy) is 2. The van der Waals surface area contributed by atoms with Crippen molar-refractivity contribution >= 4 is 23.4 Å². The molecule has 9 heteroatoms. The van der Waals surface area contributed by atoms with Crippen LogP contribution in [0.2, 0.25) is 0 Å². The van der Waals surface area contributed by atoms with E-state index in [0.717, 1.165) is 36.1 Å². The molecule has 234 valence electrons. The lowest BCUT2D eigenvalue weighted by Gasteiger charge is -2.60. The zero-order valence-electron chi connectivity index (χ0n) is 25.5. The van der Waals surface area contributed by atoms with Crippen LogP contribution in [0.5, 0.6) is 5.75 Å². The van der Waals surface area contributed by atoms with Gasteiger partial charge in [-0.15, -0.1) is 0 Å². The molecule has 9 nitrogen and oxygen atoms in total. The number of amides is 1. The van der Waals surface area contributed by atoms with Crippen molar-refractivity contribution in [1.29, 1.82) is 0 Å². The van der Waals surface area contributed by atoms with Gasteiger partial charge in [-0.3, -0.25) is 19.2 Å². The van der Waals surface area contributed by atoms with Gasteiger partial charge in [-0.1, -0.05) is 31.6 Å². The first-order valence-corrected chi connectivity index (χ1v) is 15.6. The van der Waals surface area contributed by atoms with E-state index in [9.17, 15) is 29.4 Å². The Morgan fingerprint density at radius 1 is 1.05 bits per heavy atom. The maximum Gasteiger partial charge on any atom is 0.306 e. The highest BCUT2D eigenvalue weighted by Crippen LogP contribution is 2.67. The third kappa shape index (κ3) is 5.78. The number of allylic oxidation sites excluding steroid dienone is 1. The molecule has 0 aliphatic heterocycles. The summed E-state index contributed by atoms with van der Waals surface area (Å²) in [6.07, 6.45) is 5.50. The second-order valence-electron chi connectivity index (χ2n) is 13.5. The summed E-state index contributed by atoms with van der Waals surface area (Å²) in [6, 6.07) is 7.56. The third-order valence-corrected chi connectivity index (χ3v) is 11.3. The summed E-state index contributed by atoms with van der Waals surface area (Å²) in [5.41, 5.74) is -0.620. The second-order valence-corrected chi connectivity index (χ2v) is 13.5. The van der Waals surface area contributed by atoms with Gasteiger partial charge in [0.15, 0.2) is 12.4 Å². The van der Waals surface area contributed by atoms with Gasteiger partial charge in [-0.05, 0) is 91.9 Å². The van der Waals surface area contributed by atoms with E-state index in [4.69, 9.17) is 9.47 Å². The lowest BCUT2D eigenvalue weighted by Crippen LogP contribution is -2.62. The molecule has 1 amide bonds. The maximum absolute atomic E-state index is 13.4. The van der Waals surface area contributed by atoms with E-state index in [0.29, 0.717) is 25.8 Å². The van der Waals surface area contributed by atoms with Gasteiger partial charge in [0.05, 0.1) is 19.6 Å². The van der Waals surface area contributed by atoms with Gasteiger partial charge in [0.1, 0.15) is 11.4 Å². The first-order valence-electron chi connectivity index (χ1n) is 15.6. The summed E-state index contributed by atoms with van der Waals surface area (Å²) in [4.78, 5) is 50.2. The highest BCUT2D eigenvalue weighted by atomic mass is 16.5. The Labute approximate surface area is 253 Å². The van der Waals surface area contributed by atoms with Crippen LogP contribution in [0.15, 0.2) is 35.9 Å². The Kier molecular flexibility index (Phi) is 8.87. The van der Waals surface area contributed by atoms with Crippen molar-refractivity contribution in [2.24, 2.45) is 28.6 Å². The first kappa shape index (κ1) is 31.4. The third-order valence-electron chi connectivity index (χ3n) is 11.3. The number of hydrogen-bond donors (Lipinski definition) is 3. The molecule has 0 heterocycles. The van der Waals surface area contributed by atoms with Gasteiger partial charge in [-0.2, -0.15) is 0 Å². The minimum absolute atomic E-state index is 0.0173. The van der Waals surface area contributed by atoms with Crippen molar-refractivity contribution < 1.29 is 38.9 Å². The van der Waals surface area contributed by atoms with Gasteiger partial charge in [0.25, 0.3) is 0 Å². The van der Waals surface area contributed by atoms with Gasteiger partial charge in [-0.25, -0.2) is 0 Å². The molecule has 1 aromatic carbocycles. The van der Waals surface area contributed by atoms with E-state index < -0.39 is 35.5 Å². The Morgan fingerprint density at radius 3 is 2.51 bits per heavy atom. The van der Waals surface area contributed by atoms with Crippen molar-refractivity contribution in [3.8, 4) is 5.75 Å². The average Bonchev–Trinajstić information content (AvgIpc) is 3.25. The van der Waals surface area contributed by atoms with Crippen LogP contribution in [0, 0.1) is 28.6 Å². The minimum Gasteiger partial charge on any atom is -0.497 e. The molecule has 0 radical (unpaired) electrons. The van der Waals surface area contributed by atoms with Gasteiger partial charge < -0.3 is 25.0 Å². The Hall–Kier alpha value is -3.04. The van der Waals surface area contributed by atoms with Gasteiger partial charge in [0.2, 0.25) is 11.7 Å². The number of nitrogens with one attached hydrogen (secondary N) is 1. The molecule has 4 aliphatic carbocycles. The molecule has 0 saturated heterocycles. The molecule has 43 heavy (non-hydrogen) atoms. The molecule has 0 unspecified atom stereocenters. The van der Waals surface area contributed by atoms with Crippen LogP contribution in [-0.2, 0) is 30.3 Å². The molecular weight excluding hydrogens is 550 g/mol. The van der Waals surface area contributed by atoms with Crippen LogP contribution < -0.4 is 10.1 Å². The van der Waals surface area contributed by atoms with Crippen molar-refractivity contribution in [2.45, 2.75) is 89.8 Å². The van der Waals surface area contributed by atoms with Gasteiger partial charge in [0, 0.05) is 24.8 Å². The summed E-state index contributed by atoms with van der Waals surface area (Å²) in [5.74, 6) is -0.424. The number of hydrogen-bond acceptors (Lipinski definition) is 8. The van der Waals surface area contributed by atoms with E-state index >= 15 is 0 Å². The normalized spacial score (nSPS) is 34.7. The van der Waals surface area contributed by atoms with Crippen molar-refractivity contribution in [3.63, 3.8) is 0 Å². The predicted octanol–water partition coefficient (Wildman–Crippen LogP) is 3.48. The lowest BCUT2D eigenvalue weighted by molar-refractivity contribution is -0.184. The van der Waals surface area contributed by atoms with Crippen LogP contribution in [0.4, 0.5) is 0 Å². The van der Waals surface area contributed by atoms with Crippen LogP contribution in [-0.4, -0.2) is 65.6 Å². The number of aliphatic hydroxyl groups excluding tert-OH is 1. The number of ketones is 2. The average molecular weight is 596 g/mol. The number of carbonyl (C=O) groups is 4. The van der Waals surface area contributed by atoms with Crippen LogP contribution >= 0.6 is 0 Å². The monoisotopic (exact) mass is 595 g/mol. The highest BCUT2D eigenvalue weighted by molar-refractivity contribution is 5.92. The van der Waals surface area contributed by atoms with Crippen LogP contribution in [0.3, 0.4) is 0 Å². The minimum atomic E-state index is -1.71. The number of benzene rings is 1. The maximum atomic E-state index is 13.4. The molecule has 0 aromatic heterocycles. The fourth-order valence-corrected chi connectivity index (χ4v) is 8.93. The Balaban J connectivity index is 1.12. The molecule has 0 bridgehead atoms. The molecule has 4 aliphatic rings. The van der Waals surface area contributed by atoms with E-state index in [1.807, 2.05) is 31.2 Å². The molecule has 7 atom stereocenters. The SMILES string of the molecule is COc1ccc(CCNC(=O)CCC(=O)OCC(=O)[C@@]2(O)CC[C@@H]3[C@@H]4CCC5=CC(=O)CC[C@]5(C)[C@H]4[C@@H](O)C[C@@]32C)cc1. The number of Topliss-reactive ketones (excluding diaryl/α,β-unsaturated/α-hetero) is 1. The standard InChI is InChI=1S/C34H45NO8/c1-32-15-12-23(36)18-22(32)6-9-25-26-13-16-34(41,33(26,2)19-27(37)31(25)32)28(38)20-43-30(40)11-10-29(39)35-17-14-21-4-7-24(42-3)8-5-21/h4-5,7-8,18,25-27,31,37,41H,6,9-17,19-20H2,1-3H3,(H,35,39)/t25-,26+,27-,31+,32-,33-,34-/m0/s1. The van der Waals surface area contributed by atoms with E-state index in [-0.39, 0.29) is 60.5 Å². The largest absolute Gasteiger partial charge is 0.497 e. The van der Waals surface area contributed by atoms with E-state index in [1.165, 1.54) is 0 Å². The predicted molar refractivity (Wildman–Crippen MR) is 158 cm³/mol. The molecule has 1 aromatic rings. The molecule has 3 fully saturated rings. The number of fused-ring (bicyclic) bond motifs is 5. The molecular formula is C34H45NO8. The van der Waals surface area contributed by atoms with Crippen LogP contribution in [0.1, 0.15) is 77.2 Å². The zero-order chi connectivity index (χ0) is 31.0. The van der Waals surface area contributed by atoms with Gasteiger partial charge >= 0.3 is 5.97 Å². The van der Waals surface area contributed by atoms with E-state index in [1.54, 1.807) is 13.2 Å². The number of esters is 1. The molecule has 3 saturated carbocycles. The topological polar surface area (TPSA) is 139 Å². The van der Waals surface area contributed by atoms with Crippen molar-refractivity contribution in [1.82, 2.24) is 5.32 Å². The number of carbonyl (C=O) groups excluding carboxylic acids is 4. The Morgan fingerprint density at radius 2 is 1.79 bits per heavy atom. The van der Waals surface area contributed by atoms with Crippen LogP contribution in [0.25, 0.3) is 0 Å². The first-order chi connectivity index (χ1) is 20.4. The summed E-state index contributed by atoms with van der Waals surface area (Å²) in [6.45, 7) is 3.93. The smallest absolute Gasteiger partial charge is 0.306 e. The molecule has 3 N–H and O–H groups in total. The summed E-state index contributed by atoms with van der Waals surface area (Å²) in [5, 5.41) is 26.1. The van der Waals surface area contributed by atoms with Crippen molar-refractivity contribution in [3.05, 3.63) is 41.5 Å². The summed E-state index contributed by atoms with van der Waals surface area (Å²) >= 11 is 0.